The average Bonchev–Trinajstić information content (AvgIpc) is 3.85. The lowest BCUT2D eigenvalue weighted by atomic mass is 9.95. The lowest BCUT2D eigenvalue weighted by molar-refractivity contribution is -0.127. The zero-order chi connectivity index (χ0) is 34.6. The number of alkyl halides is 1. The van der Waals surface area contributed by atoms with Crippen molar-refractivity contribution >= 4 is 60.7 Å². The predicted octanol–water partition coefficient (Wildman–Crippen LogP) is 5.35. The summed E-state index contributed by atoms with van der Waals surface area (Å²) >= 11 is 8.14. The number of methoxy groups -OCH3 is 1. The molecular weight excluding hydrogens is 674 g/mol. The molecule has 1 amide bonds. The summed E-state index contributed by atoms with van der Waals surface area (Å²) in [6.45, 7) is 5.84. The molecule has 0 spiro atoms. The number of rotatable bonds is 9. The van der Waals surface area contributed by atoms with Gasteiger partial charge in [-0.25, -0.2) is 8.78 Å². The van der Waals surface area contributed by atoms with Crippen LogP contribution < -0.4 is 15.4 Å². The number of nitrogen functional groups attached to an aromatic ring is 1. The van der Waals surface area contributed by atoms with E-state index in [0.717, 1.165) is 30.7 Å². The second-order valence-corrected chi connectivity index (χ2v) is 14.3. The summed E-state index contributed by atoms with van der Waals surface area (Å²) in [6, 6.07) is 4.46. The number of amides is 1. The number of carbonyl (C=O) groups excluding carboxylic acids is 1. The van der Waals surface area contributed by atoms with E-state index in [1.807, 2.05) is 11.9 Å². The topological polar surface area (TPSA) is 134 Å². The molecule has 3 aliphatic rings. The van der Waals surface area contributed by atoms with Gasteiger partial charge in [-0.15, -0.1) is 11.3 Å². The number of nitrogens with two attached hydrogens (primary N) is 1. The van der Waals surface area contributed by atoms with E-state index in [0.29, 0.717) is 60.2 Å². The Morgan fingerprint density at radius 2 is 2.18 bits per heavy atom. The van der Waals surface area contributed by atoms with E-state index >= 15 is 0 Å². The Labute approximate surface area is 290 Å². The average molecular weight is 709 g/mol. The minimum atomic E-state index is -0.926. The van der Waals surface area contributed by atoms with Crippen molar-refractivity contribution in [2.45, 2.75) is 49.5 Å². The third kappa shape index (κ3) is 5.53. The van der Waals surface area contributed by atoms with E-state index in [1.54, 1.807) is 18.2 Å². The Kier molecular flexibility index (Phi) is 8.81. The van der Waals surface area contributed by atoms with Gasteiger partial charge in [0.05, 0.1) is 50.6 Å². The van der Waals surface area contributed by atoms with Crippen molar-refractivity contribution in [1.82, 2.24) is 24.8 Å². The number of anilines is 2. The van der Waals surface area contributed by atoms with Gasteiger partial charge in [-0.05, 0) is 44.0 Å². The molecule has 0 radical (unpaired) electrons. The van der Waals surface area contributed by atoms with Crippen molar-refractivity contribution in [1.29, 1.82) is 5.26 Å². The van der Waals surface area contributed by atoms with Crippen LogP contribution in [0.2, 0.25) is 5.02 Å². The highest BCUT2D eigenvalue weighted by Crippen LogP contribution is 2.45. The lowest BCUT2D eigenvalue weighted by Gasteiger charge is -2.34. The van der Waals surface area contributed by atoms with E-state index in [4.69, 9.17) is 41.8 Å². The SMILES string of the molecule is C=CC(=O)N1CC[C@@H](N(C)c2nc(OC[C@@]34CCCN3C[C@H](F)C4)nc3c(Cl)c(-c4ccc(F)c5sc(N)c(C#N)c45)ncc23)[C@H]1COC. The highest BCUT2D eigenvalue weighted by molar-refractivity contribution is 7.23. The first kappa shape index (κ1) is 33.3. The van der Waals surface area contributed by atoms with Crippen LogP contribution in [0.15, 0.2) is 31.0 Å². The summed E-state index contributed by atoms with van der Waals surface area (Å²) in [6.07, 6.45) is 4.73. The monoisotopic (exact) mass is 708 g/mol. The molecule has 4 aromatic rings. The predicted molar refractivity (Wildman–Crippen MR) is 185 cm³/mol. The van der Waals surface area contributed by atoms with Gasteiger partial charge in [0.15, 0.2) is 0 Å². The summed E-state index contributed by atoms with van der Waals surface area (Å²) in [5.74, 6) is -0.231. The number of halogens is 3. The van der Waals surface area contributed by atoms with Gasteiger partial charge in [0.1, 0.15) is 41.0 Å². The number of aromatic nitrogens is 3. The molecule has 3 saturated heterocycles. The molecule has 3 fully saturated rings. The molecule has 3 aromatic heterocycles. The van der Waals surface area contributed by atoms with Crippen LogP contribution in [0.1, 0.15) is 31.2 Å². The largest absolute Gasteiger partial charge is 0.461 e. The molecule has 0 unspecified atom stereocenters. The van der Waals surface area contributed by atoms with Crippen molar-refractivity contribution in [3.05, 3.63) is 47.4 Å². The van der Waals surface area contributed by atoms with Crippen LogP contribution in [0, 0.1) is 17.1 Å². The van der Waals surface area contributed by atoms with E-state index in [-0.39, 0.29) is 56.6 Å². The number of hydrogen-bond donors (Lipinski definition) is 1. The zero-order valence-electron chi connectivity index (χ0n) is 27.1. The van der Waals surface area contributed by atoms with Gasteiger partial charge in [-0.2, -0.15) is 15.2 Å². The van der Waals surface area contributed by atoms with E-state index in [1.165, 1.54) is 18.2 Å². The number of hydrogen-bond acceptors (Lipinski definition) is 11. The first-order valence-electron chi connectivity index (χ1n) is 16.0. The Bertz CT molecular complexity index is 2020. The van der Waals surface area contributed by atoms with Crippen LogP contribution in [-0.2, 0) is 9.53 Å². The van der Waals surface area contributed by atoms with E-state index in [2.05, 4.69) is 17.5 Å². The molecule has 2 N–H and O–H groups in total. The number of ether oxygens (including phenoxy) is 2. The Morgan fingerprint density at radius 1 is 1.37 bits per heavy atom. The Morgan fingerprint density at radius 3 is 2.94 bits per heavy atom. The van der Waals surface area contributed by atoms with Crippen molar-refractivity contribution in [2.24, 2.45) is 0 Å². The first-order chi connectivity index (χ1) is 23.6. The molecular formula is C34H35ClF2N8O3S. The summed E-state index contributed by atoms with van der Waals surface area (Å²) in [5.41, 5.74) is 6.85. The molecule has 7 rings (SSSR count). The third-order valence-electron chi connectivity index (χ3n) is 10.2. The summed E-state index contributed by atoms with van der Waals surface area (Å²) in [5, 5.41) is 11.1. The molecule has 49 heavy (non-hydrogen) atoms. The number of nitrogens with zero attached hydrogens (tertiary/aromatic N) is 7. The van der Waals surface area contributed by atoms with E-state index in [9.17, 15) is 18.8 Å². The maximum atomic E-state index is 14.9. The number of likely N-dealkylation sites (N-methyl/N-ethyl adjacent to an activating group) is 1. The number of thiophene rings is 1. The molecule has 256 valence electrons. The quantitative estimate of drug-likeness (QED) is 0.227. The second-order valence-electron chi connectivity index (χ2n) is 12.9. The maximum Gasteiger partial charge on any atom is 0.319 e. The molecule has 3 aliphatic heterocycles. The Hall–Kier alpha value is -4.16. The van der Waals surface area contributed by atoms with Gasteiger partial charge in [-0.3, -0.25) is 14.7 Å². The van der Waals surface area contributed by atoms with Crippen LogP contribution >= 0.6 is 22.9 Å². The minimum absolute atomic E-state index is 0.0546. The fourth-order valence-electron chi connectivity index (χ4n) is 7.90. The highest BCUT2D eigenvalue weighted by atomic mass is 35.5. The van der Waals surface area contributed by atoms with Gasteiger partial charge in [0, 0.05) is 50.8 Å². The van der Waals surface area contributed by atoms with E-state index < -0.39 is 17.5 Å². The van der Waals surface area contributed by atoms with Gasteiger partial charge in [0.2, 0.25) is 5.91 Å². The highest BCUT2D eigenvalue weighted by Gasteiger charge is 2.49. The van der Waals surface area contributed by atoms with Gasteiger partial charge in [0.25, 0.3) is 0 Å². The smallest absolute Gasteiger partial charge is 0.319 e. The number of nitriles is 1. The third-order valence-corrected chi connectivity index (χ3v) is 11.6. The van der Waals surface area contributed by atoms with Crippen LogP contribution in [0.25, 0.3) is 32.2 Å². The number of fused-ring (bicyclic) bond motifs is 3. The second kappa shape index (κ2) is 12.9. The summed E-state index contributed by atoms with van der Waals surface area (Å²) in [7, 11) is 3.46. The molecule has 0 aliphatic carbocycles. The Balaban J connectivity index is 1.36. The molecule has 15 heteroatoms. The number of benzene rings is 1. The fourth-order valence-corrected chi connectivity index (χ4v) is 9.14. The molecule has 6 heterocycles. The lowest BCUT2D eigenvalue weighted by Crippen LogP contribution is -2.48. The van der Waals surface area contributed by atoms with Crippen molar-refractivity contribution < 1.29 is 23.0 Å². The van der Waals surface area contributed by atoms with Crippen LogP contribution in [0.3, 0.4) is 0 Å². The standard InChI is InChI=1S/C34H35ClF2N8O3S/c1-4-25(46)45-11-8-23(24(45)16-47-3)43(2)32-21-14-40-28(19-6-7-22(37)30-26(19)20(13-38)31(39)49-30)27(35)29(21)41-33(42-32)48-17-34-9-5-10-44(34)15-18(36)12-34/h4,6-7,14,18,23-24H,1,5,8-12,15-17,39H2,2-3H3/t18-,23-,24-,34+/m1/s1. The zero-order valence-corrected chi connectivity index (χ0v) is 28.7. The van der Waals surface area contributed by atoms with Gasteiger partial charge >= 0.3 is 6.01 Å². The van der Waals surface area contributed by atoms with Crippen LogP contribution in [0.5, 0.6) is 6.01 Å². The van der Waals surface area contributed by atoms with Crippen LogP contribution in [-0.4, -0.2) is 101 Å². The summed E-state index contributed by atoms with van der Waals surface area (Å²) in [4.78, 5) is 33.0. The van der Waals surface area contributed by atoms with Gasteiger partial charge in [-0.1, -0.05) is 18.2 Å². The maximum absolute atomic E-state index is 14.9. The van der Waals surface area contributed by atoms with Gasteiger partial charge < -0.3 is 25.0 Å². The molecule has 0 bridgehead atoms. The molecule has 0 saturated carbocycles. The normalized spacial score (nSPS) is 23.7. The first-order valence-corrected chi connectivity index (χ1v) is 17.2. The molecule has 11 nitrogen and oxygen atoms in total. The number of likely N-dealkylation sites (tertiary alicyclic amines) is 1. The molecule has 1 aromatic carbocycles. The van der Waals surface area contributed by atoms with Crippen molar-refractivity contribution in [2.75, 3.05) is 57.6 Å². The van der Waals surface area contributed by atoms with Crippen molar-refractivity contribution in [3.8, 4) is 23.3 Å². The number of carbonyl (C=O) groups is 1. The summed E-state index contributed by atoms with van der Waals surface area (Å²) < 4.78 is 41.6. The fraction of sp³-hybridized carbons (Fsp3) is 0.441. The van der Waals surface area contributed by atoms with Crippen LogP contribution in [0.4, 0.5) is 19.6 Å². The minimum Gasteiger partial charge on any atom is -0.461 e. The van der Waals surface area contributed by atoms with Crippen molar-refractivity contribution in [3.63, 3.8) is 0 Å². The number of pyridine rings is 1. The molecule has 4 atom stereocenters.